The molecule has 3 rings (SSSR count). The molecule has 6 nitrogen and oxygen atoms in total. The van der Waals surface area contributed by atoms with Crippen molar-refractivity contribution in [1.29, 1.82) is 0 Å². The van der Waals surface area contributed by atoms with Gasteiger partial charge in [0.15, 0.2) is 5.82 Å². The van der Waals surface area contributed by atoms with Crippen LogP contribution in [0.15, 0.2) is 33.4 Å². The Morgan fingerprint density at radius 2 is 2.45 bits per heavy atom. The van der Waals surface area contributed by atoms with Crippen molar-refractivity contribution in [2.45, 2.75) is 32.1 Å². The molecule has 1 amide bonds. The van der Waals surface area contributed by atoms with Crippen LogP contribution in [0.2, 0.25) is 0 Å². The highest BCUT2D eigenvalue weighted by molar-refractivity contribution is 5.91. The zero-order valence-corrected chi connectivity index (χ0v) is 12.6. The van der Waals surface area contributed by atoms with E-state index >= 15 is 0 Å². The molecule has 2 aromatic heterocycles. The van der Waals surface area contributed by atoms with Crippen molar-refractivity contribution >= 4 is 12.0 Å². The summed E-state index contributed by atoms with van der Waals surface area (Å²) in [6.45, 7) is 3.37. The third-order valence-corrected chi connectivity index (χ3v) is 3.82. The normalized spacial score (nSPS) is 19.0. The van der Waals surface area contributed by atoms with Crippen molar-refractivity contribution in [3.63, 3.8) is 0 Å². The maximum absolute atomic E-state index is 12.3. The summed E-state index contributed by atoms with van der Waals surface area (Å²) in [5, 5.41) is 4.03. The number of hydrogen-bond donors (Lipinski definition) is 0. The standard InChI is InChI=1S/C16H19N3O3/c1-2-14-17-16(18-22-14)12-5-3-9-19(11-12)15(20)8-7-13-6-4-10-21-13/h4,6-8,10,12H,2-3,5,9,11H2,1H3/b8-7-/t12-/m0/s1. The first-order valence-electron chi connectivity index (χ1n) is 7.59. The Hall–Kier alpha value is -2.37. The lowest BCUT2D eigenvalue weighted by Crippen LogP contribution is -2.38. The Balaban J connectivity index is 1.63. The van der Waals surface area contributed by atoms with Gasteiger partial charge < -0.3 is 13.8 Å². The van der Waals surface area contributed by atoms with Crippen LogP contribution in [-0.2, 0) is 11.2 Å². The molecule has 0 radical (unpaired) electrons. The molecule has 0 N–H and O–H groups in total. The van der Waals surface area contributed by atoms with Crippen molar-refractivity contribution < 1.29 is 13.7 Å². The summed E-state index contributed by atoms with van der Waals surface area (Å²) in [6, 6.07) is 3.61. The second-order valence-corrected chi connectivity index (χ2v) is 5.37. The minimum absolute atomic E-state index is 0.0136. The molecule has 22 heavy (non-hydrogen) atoms. The molecule has 116 valence electrons. The number of aromatic nitrogens is 2. The van der Waals surface area contributed by atoms with Crippen LogP contribution in [0.3, 0.4) is 0 Å². The fourth-order valence-electron chi connectivity index (χ4n) is 2.61. The number of hydrogen-bond acceptors (Lipinski definition) is 5. The van der Waals surface area contributed by atoms with Crippen molar-refractivity contribution in [2.24, 2.45) is 0 Å². The molecular formula is C16H19N3O3. The SMILES string of the molecule is CCc1nc([C@H]2CCCN(C(=O)/C=C\c3ccco3)C2)no1. The highest BCUT2D eigenvalue weighted by atomic mass is 16.5. The third kappa shape index (κ3) is 3.27. The van der Waals surface area contributed by atoms with Crippen molar-refractivity contribution in [3.05, 3.63) is 41.9 Å². The molecular weight excluding hydrogens is 282 g/mol. The summed E-state index contributed by atoms with van der Waals surface area (Å²) < 4.78 is 10.4. The van der Waals surface area contributed by atoms with Crippen LogP contribution in [0.1, 0.15) is 43.2 Å². The number of piperidine rings is 1. The topological polar surface area (TPSA) is 72.4 Å². The van der Waals surface area contributed by atoms with Crippen LogP contribution >= 0.6 is 0 Å². The van der Waals surface area contributed by atoms with E-state index in [1.54, 1.807) is 24.5 Å². The number of likely N-dealkylation sites (tertiary alicyclic amines) is 1. The van der Waals surface area contributed by atoms with Gasteiger partial charge in [-0.25, -0.2) is 0 Å². The molecule has 1 aliphatic heterocycles. The average molecular weight is 301 g/mol. The Morgan fingerprint density at radius 1 is 1.55 bits per heavy atom. The second-order valence-electron chi connectivity index (χ2n) is 5.37. The summed E-state index contributed by atoms with van der Waals surface area (Å²) in [4.78, 5) is 18.5. The lowest BCUT2D eigenvalue weighted by Gasteiger charge is -2.30. The quantitative estimate of drug-likeness (QED) is 0.812. The summed E-state index contributed by atoms with van der Waals surface area (Å²) in [7, 11) is 0. The molecule has 0 saturated carbocycles. The van der Waals surface area contributed by atoms with Gasteiger partial charge >= 0.3 is 0 Å². The van der Waals surface area contributed by atoms with E-state index in [4.69, 9.17) is 8.94 Å². The fourth-order valence-corrected chi connectivity index (χ4v) is 2.61. The minimum Gasteiger partial charge on any atom is -0.465 e. The molecule has 1 atom stereocenters. The molecule has 2 aromatic rings. The number of aryl methyl sites for hydroxylation is 1. The van der Waals surface area contributed by atoms with Gasteiger partial charge in [0.05, 0.1) is 6.26 Å². The van der Waals surface area contributed by atoms with Gasteiger partial charge in [-0.1, -0.05) is 12.1 Å². The van der Waals surface area contributed by atoms with Crippen molar-refractivity contribution in [2.75, 3.05) is 13.1 Å². The monoisotopic (exact) mass is 301 g/mol. The number of rotatable bonds is 4. The van der Waals surface area contributed by atoms with Crippen LogP contribution in [0.25, 0.3) is 6.08 Å². The van der Waals surface area contributed by atoms with Crippen LogP contribution in [0, 0.1) is 0 Å². The van der Waals surface area contributed by atoms with Gasteiger partial charge in [-0.3, -0.25) is 4.79 Å². The average Bonchev–Trinajstić information content (AvgIpc) is 3.24. The van der Waals surface area contributed by atoms with Gasteiger partial charge in [-0.05, 0) is 31.1 Å². The van der Waals surface area contributed by atoms with Crippen molar-refractivity contribution in [1.82, 2.24) is 15.0 Å². The largest absolute Gasteiger partial charge is 0.465 e. The van der Waals surface area contributed by atoms with Crippen LogP contribution < -0.4 is 0 Å². The van der Waals surface area contributed by atoms with Crippen LogP contribution in [-0.4, -0.2) is 34.0 Å². The van der Waals surface area contributed by atoms with Gasteiger partial charge in [-0.15, -0.1) is 0 Å². The highest BCUT2D eigenvalue weighted by Crippen LogP contribution is 2.25. The maximum atomic E-state index is 12.3. The van der Waals surface area contributed by atoms with E-state index in [0.717, 1.165) is 25.8 Å². The molecule has 1 aliphatic rings. The number of carbonyl (C=O) groups excluding carboxylic acids is 1. The predicted octanol–water partition coefficient (Wildman–Crippen LogP) is 2.64. The van der Waals surface area contributed by atoms with E-state index in [0.29, 0.717) is 24.0 Å². The van der Waals surface area contributed by atoms with Gasteiger partial charge in [-0.2, -0.15) is 4.98 Å². The first kappa shape index (κ1) is 14.6. The lowest BCUT2D eigenvalue weighted by molar-refractivity contribution is -0.127. The Morgan fingerprint density at radius 3 is 3.18 bits per heavy atom. The first-order chi connectivity index (χ1) is 10.8. The Bertz CT molecular complexity index is 645. The van der Waals surface area contributed by atoms with Gasteiger partial charge in [0.25, 0.3) is 0 Å². The maximum Gasteiger partial charge on any atom is 0.246 e. The number of amides is 1. The molecule has 1 saturated heterocycles. The molecule has 0 bridgehead atoms. The summed E-state index contributed by atoms with van der Waals surface area (Å²) in [5.41, 5.74) is 0. The van der Waals surface area contributed by atoms with Crippen molar-refractivity contribution in [3.8, 4) is 0 Å². The summed E-state index contributed by atoms with van der Waals surface area (Å²) >= 11 is 0. The number of nitrogens with zero attached hydrogens (tertiary/aromatic N) is 3. The van der Waals surface area contributed by atoms with E-state index in [9.17, 15) is 4.79 Å². The van der Waals surface area contributed by atoms with E-state index in [-0.39, 0.29) is 11.8 Å². The Labute approximate surface area is 128 Å². The molecule has 0 aromatic carbocycles. The van der Waals surface area contributed by atoms with E-state index in [2.05, 4.69) is 10.1 Å². The van der Waals surface area contributed by atoms with Crippen LogP contribution in [0.4, 0.5) is 0 Å². The van der Waals surface area contributed by atoms with E-state index in [1.807, 2.05) is 17.9 Å². The van der Waals surface area contributed by atoms with Gasteiger partial charge in [0.1, 0.15) is 5.76 Å². The molecule has 0 unspecified atom stereocenters. The third-order valence-electron chi connectivity index (χ3n) is 3.82. The number of carbonyl (C=O) groups is 1. The smallest absolute Gasteiger partial charge is 0.246 e. The zero-order chi connectivity index (χ0) is 15.4. The minimum atomic E-state index is -0.0136. The summed E-state index contributed by atoms with van der Waals surface area (Å²) in [5.74, 6) is 2.17. The Kier molecular flexibility index (Phi) is 4.37. The first-order valence-corrected chi connectivity index (χ1v) is 7.59. The lowest BCUT2D eigenvalue weighted by atomic mass is 9.97. The fraction of sp³-hybridized carbons (Fsp3) is 0.438. The molecule has 1 fully saturated rings. The molecule has 6 heteroatoms. The highest BCUT2D eigenvalue weighted by Gasteiger charge is 2.27. The molecule has 0 spiro atoms. The van der Waals surface area contributed by atoms with E-state index < -0.39 is 0 Å². The van der Waals surface area contributed by atoms with E-state index in [1.165, 1.54) is 0 Å². The predicted molar refractivity (Wildman–Crippen MR) is 80.0 cm³/mol. The van der Waals surface area contributed by atoms with Gasteiger partial charge in [0.2, 0.25) is 11.8 Å². The molecule has 0 aliphatic carbocycles. The van der Waals surface area contributed by atoms with Gasteiger partial charge in [0, 0.05) is 31.5 Å². The van der Waals surface area contributed by atoms with Crippen LogP contribution in [0.5, 0.6) is 0 Å². The zero-order valence-electron chi connectivity index (χ0n) is 12.6. The molecule has 3 heterocycles. The second kappa shape index (κ2) is 6.60. The number of furan rings is 1. The summed E-state index contributed by atoms with van der Waals surface area (Å²) in [6.07, 6.45) is 7.48.